The van der Waals surface area contributed by atoms with E-state index in [2.05, 4.69) is 26.0 Å². The first-order valence-corrected chi connectivity index (χ1v) is 10.1. The third-order valence-electron chi connectivity index (χ3n) is 4.92. The first kappa shape index (κ1) is 20.7. The standard InChI is InChI=1S/C24H23Cl2FO/c1-24(2,18-8-13-23(27)22(26)16-18)14-4-6-17-5-3-7-21(15-17)28-20-11-9-19(25)10-12-20/h3,5,7-13,15-16H,4,6,14H2,1-2H3. The Balaban J connectivity index is 1.59. The van der Waals surface area contributed by atoms with E-state index in [9.17, 15) is 4.39 Å². The van der Waals surface area contributed by atoms with E-state index >= 15 is 0 Å². The molecule has 0 saturated carbocycles. The maximum atomic E-state index is 13.4. The molecule has 0 aliphatic carbocycles. The fraction of sp³-hybridized carbons (Fsp3) is 0.250. The van der Waals surface area contributed by atoms with Gasteiger partial charge >= 0.3 is 0 Å². The van der Waals surface area contributed by atoms with E-state index in [1.807, 2.05) is 42.5 Å². The van der Waals surface area contributed by atoms with Crippen LogP contribution in [-0.4, -0.2) is 0 Å². The molecule has 1 nitrogen and oxygen atoms in total. The third kappa shape index (κ3) is 5.50. The van der Waals surface area contributed by atoms with Crippen LogP contribution in [0.5, 0.6) is 11.5 Å². The van der Waals surface area contributed by atoms with Crippen molar-refractivity contribution in [2.75, 3.05) is 0 Å². The van der Waals surface area contributed by atoms with Gasteiger partial charge in [0.2, 0.25) is 0 Å². The monoisotopic (exact) mass is 416 g/mol. The molecule has 0 heterocycles. The highest BCUT2D eigenvalue weighted by Gasteiger charge is 2.21. The number of benzene rings is 3. The summed E-state index contributed by atoms with van der Waals surface area (Å²) in [6, 6.07) is 20.4. The molecule has 0 spiro atoms. The molecule has 0 bridgehead atoms. The van der Waals surface area contributed by atoms with Crippen molar-refractivity contribution in [1.29, 1.82) is 0 Å². The molecule has 3 rings (SSSR count). The van der Waals surface area contributed by atoms with Gasteiger partial charge in [-0.15, -0.1) is 0 Å². The van der Waals surface area contributed by atoms with Crippen LogP contribution in [0.3, 0.4) is 0 Å². The number of hydrogen-bond acceptors (Lipinski definition) is 1. The molecule has 0 atom stereocenters. The lowest BCUT2D eigenvalue weighted by Crippen LogP contribution is -2.17. The van der Waals surface area contributed by atoms with Gasteiger partial charge in [0, 0.05) is 5.02 Å². The van der Waals surface area contributed by atoms with Crippen LogP contribution >= 0.6 is 23.2 Å². The van der Waals surface area contributed by atoms with Crippen molar-refractivity contribution in [2.45, 2.75) is 38.5 Å². The molecule has 0 aliphatic heterocycles. The van der Waals surface area contributed by atoms with Crippen molar-refractivity contribution < 1.29 is 9.13 Å². The zero-order valence-corrected chi connectivity index (χ0v) is 17.5. The van der Waals surface area contributed by atoms with Crippen LogP contribution in [0.1, 0.15) is 37.8 Å². The van der Waals surface area contributed by atoms with Crippen LogP contribution < -0.4 is 4.74 Å². The number of aryl methyl sites for hydroxylation is 1. The summed E-state index contributed by atoms with van der Waals surface area (Å²) in [4.78, 5) is 0. The van der Waals surface area contributed by atoms with Crippen molar-refractivity contribution in [3.05, 3.63) is 93.7 Å². The Bertz CT molecular complexity index is 936. The molecule has 3 aromatic carbocycles. The van der Waals surface area contributed by atoms with Gasteiger partial charge in [-0.1, -0.05) is 55.2 Å². The smallest absolute Gasteiger partial charge is 0.141 e. The predicted molar refractivity (Wildman–Crippen MR) is 115 cm³/mol. The average molecular weight is 417 g/mol. The van der Waals surface area contributed by atoms with Crippen molar-refractivity contribution in [3.63, 3.8) is 0 Å². The van der Waals surface area contributed by atoms with Crippen LogP contribution in [0.15, 0.2) is 66.7 Å². The lowest BCUT2D eigenvalue weighted by molar-refractivity contribution is 0.459. The van der Waals surface area contributed by atoms with Gasteiger partial charge < -0.3 is 4.74 Å². The molecule has 0 radical (unpaired) electrons. The van der Waals surface area contributed by atoms with E-state index in [0.29, 0.717) is 5.02 Å². The Morgan fingerprint density at radius 1 is 0.893 bits per heavy atom. The first-order chi connectivity index (χ1) is 13.3. The minimum absolute atomic E-state index is 0.0746. The third-order valence-corrected chi connectivity index (χ3v) is 5.46. The lowest BCUT2D eigenvalue weighted by Gasteiger charge is -2.25. The molecule has 0 aromatic heterocycles. The molecule has 146 valence electrons. The van der Waals surface area contributed by atoms with Crippen LogP contribution in [0.25, 0.3) is 0 Å². The Kier molecular flexibility index (Phi) is 6.64. The zero-order chi connectivity index (χ0) is 20.1. The number of halogens is 3. The van der Waals surface area contributed by atoms with Gasteiger partial charge in [-0.2, -0.15) is 0 Å². The minimum Gasteiger partial charge on any atom is -0.457 e. The second-order valence-electron chi connectivity index (χ2n) is 7.57. The van der Waals surface area contributed by atoms with E-state index in [4.69, 9.17) is 27.9 Å². The van der Waals surface area contributed by atoms with Crippen LogP contribution in [0.4, 0.5) is 4.39 Å². The number of rotatable bonds is 7. The fourth-order valence-corrected chi connectivity index (χ4v) is 3.51. The van der Waals surface area contributed by atoms with Gasteiger partial charge in [0.05, 0.1) is 5.02 Å². The van der Waals surface area contributed by atoms with E-state index in [-0.39, 0.29) is 16.3 Å². The highest BCUT2D eigenvalue weighted by molar-refractivity contribution is 6.31. The quantitative estimate of drug-likeness (QED) is 0.376. The molecule has 4 heteroatoms. The summed E-state index contributed by atoms with van der Waals surface area (Å²) >= 11 is 11.9. The van der Waals surface area contributed by atoms with E-state index in [1.165, 1.54) is 11.6 Å². The molecule has 0 fully saturated rings. The fourth-order valence-electron chi connectivity index (χ4n) is 3.20. The maximum absolute atomic E-state index is 13.4. The molecule has 3 aromatic rings. The summed E-state index contributed by atoms with van der Waals surface area (Å²) in [6.45, 7) is 4.33. The van der Waals surface area contributed by atoms with Crippen molar-refractivity contribution in [1.82, 2.24) is 0 Å². The van der Waals surface area contributed by atoms with Crippen molar-refractivity contribution in [3.8, 4) is 11.5 Å². The summed E-state index contributed by atoms with van der Waals surface area (Å²) in [7, 11) is 0. The molecule has 0 saturated heterocycles. The van der Waals surface area contributed by atoms with Crippen LogP contribution in [0.2, 0.25) is 10.0 Å². The highest BCUT2D eigenvalue weighted by Crippen LogP contribution is 2.32. The van der Waals surface area contributed by atoms with Crippen LogP contribution in [0, 0.1) is 5.82 Å². The number of ether oxygens (including phenoxy) is 1. The summed E-state index contributed by atoms with van der Waals surface area (Å²) in [5.74, 6) is 1.19. The average Bonchev–Trinajstić information content (AvgIpc) is 2.66. The molecule has 0 aliphatic rings. The molecular weight excluding hydrogens is 394 g/mol. The Morgan fingerprint density at radius 3 is 2.36 bits per heavy atom. The van der Waals surface area contributed by atoms with E-state index < -0.39 is 0 Å². The SMILES string of the molecule is CC(C)(CCCc1cccc(Oc2ccc(Cl)cc2)c1)c1ccc(F)c(Cl)c1. The van der Waals surface area contributed by atoms with Gasteiger partial charge in [0.25, 0.3) is 0 Å². The predicted octanol–water partition coefficient (Wildman–Crippen LogP) is 8.23. The molecule has 28 heavy (non-hydrogen) atoms. The normalized spacial score (nSPS) is 11.5. The summed E-state index contributed by atoms with van der Waals surface area (Å²) in [5.41, 5.74) is 2.20. The summed E-state index contributed by atoms with van der Waals surface area (Å²) in [5, 5.41) is 0.865. The van der Waals surface area contributed by atoms with E-state index in [1.54, 1.807) is 6.07 Å². The first-order valence-electron chi connectivity index (χ1n) is 9.31. The summed E-state index contributed by atoms with van der Waals surface area (Å²) < 4.78 is 19.3. The summed E-state index contributed by atoms with van der Waals surface area (Å²) in [6.07, 6.45) is 2.92. The van der Waals surface area contributed by atoms with Gasteiger partial charge in [0.1, 0.15) is 17.3 Å². The molecular formula is C24H23Cl2FO. The highest BCUT2D eigenvalue weighted by atomic mass is 35.5. The van der Waals surface area contributed by atoms with Gasteiger partial charge in [-0.3, -0.25) is 0 Å². The Hall–Kier alpha value is -2.03. The molecule has 0 amide bonds. The largest absolute Gasteiger partial charge is 0.457 e. The van der Waals surface area contributed by atoms with Crippen molar-refractivity contribution in [2.24, 2.45) is 0 Å². The second kappa shape index (κ2) is 8.98. The van der Waals surface area contributed by atoms with Crippen LogP contribution in [-0.2, 0) is 11.8 Å². The van der Waals surface area contributed by atoms with Gasteiger partial charge in [0.15, 0.2) is 0 Å². The second-order valence-corrected chi connectivity index (χ2v) is 8.41. The molecule has 0 N–H and O–H groups in total. The van der Waals surface area contributed by atoms with Gasteiger partial charge in [-0.25, -0.2) is 4.39 Å². The maximum Gasteiger partial charge on any atom is 0.141 e. The Morgan fingerprint density at radius 2 is 1.64 bits per heavy atom. The number of hydrogen-bond donors (Lipinski definition) is 0. The topological polar surface area (TPSA) is 9.23 Å². The van der Waals surface area contributed by atoms with Crippen molar-refractivity contribution >= 4 is 23.2 Å². The lowest BCUT2D eigenvalue weighted by atomic mass is 9.80. The molecule has 0 unspecified atom stereocenters. The zero-order valence-electron chi connectivity index (χ0n) is 16.0. The van der Waals surface area contributed by atoms with Gasteiger partial charge in [-0.05, 0) is 84.3 Å². The van der Waals surface area contributed by atoms with E-state index in [0.717, 1.165) is 36.3 Å². The Labute approximate surface area is 176 Å². The minimum atomic E-state index is -0.376.